The zero-order chi connectivity index (χ0) is 17.4. The Morgan fingerprint density at radius 2 is 1.68 bits per heavy atom. The predicted molar refractivity (Wildman–Crippen MR) is 97.3 cm³/mol. The molecule has 5 rings (SSSR count). The lowest BCUT2D eigenvalue weighted by Gasteiger charge is -2.59. The van der Waals surface area contributed by atoms with E-state index >= 15 is 0 Å². The zero-order valence-electron chi connectivity index (χ0n) is 15.4. The van der Waals surface area contributed by atoms with Gasteiger partial charge >= 0.3 is 0 Å². The molecule has 5 aliphatic rings. The summed E-state index contributed by atoms with van der Waals surface area (Å²) in [6, 6.07) is 2.68. The van der Waals surface area contributed by atoms with Gasteiger partial charge in [-0.05, 0) is 81.5 Å². The summed E-state index contributed by atoms with van der Waals surface area (Å²) in [6.07, 6.45) is 14.5. The van der Waals surface area contributed by atoms with Crippen LogP contribution in [-0.4, -0.2) is 18.0 Å². The number of amides is 1. The van der Waals surface area contributed by atoms with Crippen molar-refractivity contribution in [1.82, 2.24) is 10.6 Å². The van der Waals surface area contributed by atoms with E-state index < -0.39 is 0 Å². The summed E-state index contributed by atoms with van der Waals surface area (Å²) in [6.45, 7) is 2.17. The quantitative estimate of drug-likeness (QED) is 0.592. The van der Waals surface area contributed by atoms with Crippen LogP contribution in [0.1, 0.15) is 71.1 Å². The second-order valence-electron chi connectivity index (χ2n) is 9.29. The molecule has 0 aromatic heterocycles. The van der Waals surface area contributed by atoms with Crippen LogP contribution in [0, 0.1) is 34.5 Å². The fraction of sp³-hybridized carbons (Fsp3) is 0.810. The van der Waals surface area contributed by atoms with Crippen LogP contribution in [0.3, 0.4) is 0 Å². The molecule has 5 aliphatic carbocycles. The molecule has 1 amide bonds. The fourth-order valence-electron chi connectivity index (χ4n) is 6.58. The average Bonchev–Trinajstić information content (AvgIpc) is 3.07. The van der Waals surface area contributed by atoms with Crippen LogP contribution < -0.4 is 10.6 Å². The maximum Gasteiger partial charge on any atom is 0.263 e. The third kappa shape index (κ3) is 3.30. The van der Waals surface area contributed by atoms with E-state index in [9.17, 15) is 10.1 Å². The van der Waals surface area contributed by atoms with Crippen LogP contribution in [0.15, 0.2) is 11.8 Å². The topological polar surface area (TPSA) is 64.9 Å². The number of rotatable bonds is 5. The summed E-state index contributed by atoms with van der Waals surface area (Å²) in [7, 11) is 0. The summed E-state index contributed by atoms with van der Waals surface area (Å²) in [4.78, 5) is 12.6. The van der Waals surface area contributed by atoms with Crippen molar-refractivity contribution in [3.8, 4) is 6.07 Å². The van der Waals surface area contributed by atoms with Gasteiger partial charge in [0.2, 0.25) is 0 Å². The van der Waals surface area contributed by atoms with Gasteiger partial charge in [-0.25, -0.2) is 0 Å². The smallest absolute Gasteiger partial charge is 0.263 e. The first kappa shape index (κ1) is 16.9. The molecule has 25 heavy (non-hydrogen) atoms. The molecule has 4 heteroatoms. The second-order valence-corrected chi connectivity index (χ2v) is 9.29. The van der Waals surface area contributed by atoms with Gasteiger partial charge in [-0.15, -0.1) is 0 Å². The molecule has 2 N–H and O–H groups in total. The third-order valence-corrected chi connectivity index (χ3v) is 7.54. The minimum Gasteiger partial charge on any atom is -0.387 e. The Bertz CT molecular complexity index is 561. The highest BCUT2D eigenvalue weighted by Gasteiger charge is 2.53. The maximum absolute atomic E-state index is 12.6. The second kappa shape index (κ2) is 6.67. The van der Waals surface area contributed by atoms with Crippen molar-refractivity contribution in [2.45, 2.75) is 83.2 Å². The molecule has 0 aliphatic heterocycles. The van der Waals surface area contributed by atoms with Crippen molar-refractivity contribution in [3.63, 3.8) is 0 Å². The summed E-state index contributed by atoms with van der Waals surface area (Å²) >= 11 is 0. The molecule has 0 aromatic rings. The lowest BCUT2D eigenvalue weighted by Crippen LogP contribution is -2.56. The number of nitrogens with one attached hydrogen (secondary N) is 2. The van der Waals surface area contributed by atoms with Crippen LogP contribution >= 0.6 is 0 Å². The highest BCUT2D eigenvalue weighted by Crippen LogP contribution is 2.61. The largest absolute Gasteiger partial charge is 0.387 e. The summed E-state index contributed by atoms with van der Waals surface area (Å²) in [5.74, 6) is 2.43. The Labute approximate surface area is 151 Å². The van der Waals surface area contributed by atoms with Crippen LogP contribution in [-0.2, 0) is 4.79 Å². The molecular formula is C21H31N3O. The Balaban J connectivity index is 1.39. The normalized spacial score (nSPS) is 38.4. The molecule has 1 atom stereocenters. The van der Waals surface area contributed by atoms with E-state index in [1.54, 1.807) is 6.20 Å². The van der Waals surface area contributed by atoms with E-state index in [4.69, 9.17) is 0 Å². The van der Waals surface area contributed by atoms with Gasteiger partial charge in [-0.1, -0.05) is 12.8 Å². The molecular weight excluding hydrogens is 310 g/mol. The molecule has 5 saturated carbocycles. The summed E-state index contributed by atoms with van der Waals surface area (Å²) in [5, 5.41) is 15.9. The van der Waals surface area contributed by atoms with Gasteiger partial charge in [-0.2, -0.15) is 5.26 Å². The first-order valence-electron chi connectivity index (χ1n) is 10.2. The van der Waals surface area contributed by atoms with Crippen LogP contribution in [0.25, 0.3) is 0 Å². The standard InChI is InChI=1S/C21H31N3O/c1-14(21-9-15-6-16(10-21)8-17(7-15)11-21)24-20(25)18(12-22)13-23-19-4-2-3-5-19/h13-17,19,23H,2-11H2,1H3,(H,24,25)/b18-13-. The van der Waals surface area contributed by atoms with E-state index in [-0.39, 0.29) is 22.9 Å². The highest BCUT2D eigenvalue weighted by atomic mass is 16.1. The van der Waals surface area contributed by atoms with Crippen LogP contribution in [0.5, 0.6) is 0 Å². The van der Waals surface area contributed by atoms with Gasteiger partial charge in [0.25, 0.3) is 5.91 Å². The lowest BCUT2D eigenvalue weighted by atomic mass is 9.48. The Morgan fingerprint density at radius 3 is 2.20 bits per heavy atom. The van der Waals surface area contributed by atoms with Crippen molar-refractivity contribution in [3.05, 3.63) is 11.8 Å². The number of hydrogen-bond acceptors (Lipinski definition) is 3. The van der Waals surface area contributed by atoms with Crippen molar-refractivity contribution in [2.24, 2.45) is 23.2 Å². The molecule has 5 fully saturated rings. The van der Waals surface area contributed by atoms with E-state index in [1.807, 2.05) is 0 Å². The Kier molecular flexibility index (Phi) is 4.52. The Morgan fingerprint density at radius 1 is 1.12 bits per heavy atom. The number of carbonyl (C=O) groups excluding carboxylic acids is 1. The Hall–Kier alpha value is -1.50. The molecule has 4 bridgehead atoms. The molecule has 0 saturated heterocycles. The SMILES string of the molecule is CC(NC(=O)/C(C#N)=C\NC1CCCC1)C12CC3CC(CC(C3)C1)C2. The molecule has 4 nitrogen and oxygen atoms in total. The van der Waals surface area contributed by atoms with Crippen LogP contribution in [0.4, 0.5) is 0 Å². The van der Waals surface area contributed by atoms with Crippen LogP contribution in [0.2, 0.25) is 0 Å². The van der Waals surface area contributed by atoms with Crippen molar-refractivity contribution >= 4 is 5.91 Å². The third-order valence-electron chi connectivity index (χ3n) is 7.54. The first-order chi connectivity index (χ1) is 12.1. The fourth-order valence-corrected chi connectivity index (χ4v) is 6.58. The number of hydrogen-bond donors (Lipinski definition) is 2. The lowest BCUT2D eigenvalue weighted by molar-refractivity contribution is -0.122. The minimum atomic E-state index is -0.198. The van der Waals surface area contributed by atoms with Gasteiger partial charge in [0.15, 0.2) is 0 Å². The number of nitriles is 1. The molecule has 0 aromatic carbocycles. The van der Waals surface area contributed by atoms with Crippen molar-refractivity contribution < 1.29 is 4.79 Å². The highest BCUT2D eigenvalue weighted by molar-refractivity contribution is 5.97. The first-order valence-corrected chi connectivity index (χ1v) is 10.2. The van der Waals surface area contributed by atoms with E-state index in [0.717, 1.165) is 30.6 Å². The molecule has 136 valence electrons. The molecule has 1 unspecified atom stereocenters. The molecule has 0 spiro atoms. The zero-order valence-corrected chi connectivity index (χ0v) is 15.4. The summed E-state index contributed by atoms with van der Waals surface area (Å²) < 4.78 is 0. The van der Waals surface area contributed by atoms with Gasteiger partial charge in [0.1, 0.15) is 11.6 Å². The van der Waals surface area contributed by atoms with Gasteiger partial charge in [0.05, 0.1) is 0 Å². The van der Waals surface area contributed by atoms with Gasteiger partial charge < -0.3 is 10.6 Å². The number of carbonyl (C=O) groups is 1. The van der Waals surface area contributed by atoms with E-state index in [1.165, 1.54) is 51.4 Å². The van der Waals surface area contributed by atoms with Gasteiger partial charge in [-0.3, -0.25) is 4.79 Å². The number of nitrogens with zero attached hydrogens (tertiary/aromatic N) is 1. The molecule has 0 heterocycles. The van der Waals surface area contributed by atoms with Crippen molar-refractivity contribution in [1.29, 1.82) is 5.26 Å². The van der Waals surface area contributed by atoms with Crippen molar-refractivity contribution in [2.75, 3.05) is 0 Å². The predicted octanol–water partition coefficient (Wildman–Crippen LogP) is 3.65. The van der Waals surface area contributed by atoms with E-state index in [2.05, 4.69) is 23.6 Å². The monoisotopic (exact) mass is 341 g/mol. The minimum absolute atomic E-state index is 0.164. The summed E-state index contributed by atoms with van der Waals surface area (Å²) in [5.41, 5.74) is 0.507. The van der Waals surface area contributed by atoms with E-state index in [0.29, 0.717) is 6.04 Å². The maximum atomic E-state index is 12.6. The average molecular weight is 341 g/mol. The van der Waals surface area contributed by atoms with Gasteiger partial charge in [0, 0.05) is 18.3 Å². The molecule has 0 radical (unpaired) electrons.